The molecule has 0 bridgehead atoms. The lowest BCUT2D eigenvalue weighted by atomic mass is 10.1. The number of carbonyl (C=O) groups is 1. The van der Waals surface area contributed by atoms with Gasteiger partial charge in [-0.15, -0.1) is 11.3 Å². The van der Waals surface area contributed by atoms with Crippen LogP contribution in [-0.2, 0) is 23.1 Å². The second kappa shape index (κ2) is 9.82. The molecule has 2 aromatic carbocycles. The Morgan fingerprint density at radius 2 is 1.81 bits per heavy atom. The number of thiophene rings is 1. The van der Waals surface area contributed by atoms with E-state index in [1.807, 2.05) is 41.8 Å². The summed E-state index contributed by atoms with van der Waals surface area (Å²) < 4.78 is 31.7. The Labute approximate surface area is 191 Å². The fourth-order valence-electron chi connectivity index (χ4n) is 3.04. The molecule has 1 aromatic heterocycles. The molecule has 1 heterocycles. The van der Waals surface area contributed by atoms with Crippen molar-refractivity contribution >= 4 is 38.9 Å². The van der Waals surface area contributed by atoms with Gasteiger partial charge in [0.2, 0.25) is 10.0 Å². The monoisotopic (exact) mass is 478 g/mol. The molecule has 0 aliphatic rings. The number of rotatable bonds is 8. The largest absolute Gasteiger partial charge is 0.496 e. The van der Waals surface area contributed by atoms with Gasteiger partial charge in [-0.25, -0.2) is 12.7 Å². The number of hydrogen-bond donors (Lipinski definition) is 0. The third-order valence-corrected chi connectivity index (χ3v) is 7.72. The van der Waals surface area contributed by atoms with E-state index in [1.54, 1.807) is 12.0 Å². The van der Waals surface area contributed by atoms with Crippen molar-refractivity contribution in [3.05, 3.63) is 81.0 Å². The van der Waals surface area contributed by atoms with Crippen molar-refractivity contribution in [1.82, 2.24) is 9.21 Å². The smallest absolute Gasteiger partial charge is 0.256 e. The summed E-state index contributed by atoms with van der Waals surface area (Å²) in [7, 11) is 0.753. The molecule has 0 aliphatic carbocycles. The summed E-state index contributed by atoms with van der Waals surface area (Å²) in [6.45, 7) is 0.636. The molecular formula is C22H23ClN2O4S2. The highest BCUT2D eigenvalue weighted by Crippen LogP contribution is 2.27. The standard InChI is InChI=1S/C22H23ClN2O4S2/c1-24(2)31(27,28)18-10-11-20(23)19(13-18)22(26)25(15-17-8-6-12-30-17)14-16-7-4-5-9-21(16)29-3/h4-13H,14-15H2,1-3H3. The predicted octanol–water partition coefficient (Wildman–Crippen LogP) is 4.50. The molecule has 0 N–H and O–H groups in total. The van der Waals surface area contributed by atoms with Gasteiger partial charge in [-0.05, 0) is 35.7 Å². The molecular weight excluding hydrogens is 456 g/mol. The average Bonchev–Trinajstić information content (AvgIpc) is 3.26. The summed E-state index contributed by atoms with van der Waals surface area (Å²) in [6, 6.07) is 15.5. The fourth-order valence-corrected chi connectivity index (χ4v) is 4.89. The average molecular weight is 479 g/mol. The highest BCUT2D eigenvalue weighted by molar-refractivity contribution is 7.89. The number of sulfonamides is 1. The summed E-state index contributed by atoms with van der Waals surface area (Å²) in [4.78, 5) is 16.2. The molecule has 31 heavy (non-hydrogen) atoms. The van der Waals surface area contributed by atoms with Gasteiger partial charge < -0.3 is 9.64 Å². The van der Waals surface area contributed by atoms with Crippen molar-refractivity contribution in [2.75, 3.05) is 21.2 Å². The van der Waals surface area contributed by atoms with E-state index in [-0.39, 0.29) is 27.9 Å². The molecule has 0 spiro atoms. The minimum absolute atomic E-state index is 0.0126. The van der Waals surface area contributed by atoms with Crippen LogP contribution in [0.1, 0.15) is 20.8 Å². The third kappa shape index (κ3) is 5.27. The Morgan fingerprint density at radius 1 is 1.06 bits per heavy atom. The molecule has 3 aromatic rings. The van der Waals surface area contributed by atoms with Crippen LogP contribution in [0.2, 0.25) is 5.02 Å². The lowest BCUT2D eigenvalue weighted by molar-refractivity contribution is 0.0730. The van der Waals surface area contributed by atoms with Gasteiger partial charge in [0, 0.05) is 24.5 Å². The van der Waals surface area contributed by atoms with Gasteiger partial charge in [-0.2, -0.15) is 0 Å². The molecule has 0 atom stereocenters. The molecule has 3 rings (SSSR count). The van der Waals surface area contributed by atoms with Crippen LogP contribution in [-0.4, -0.2) is 44.7 Å². The Balaban J connectivity index is 2.02. The second-order valence-electron chi connectivity index (χ2n) is 6.98. The number of benzene rings is 2. The van der Waals surface area contributed by atoms with Crippen molar-refractivity contribution in [3.63, 3.8) is 0 Å². The fraction of sp³-hybridized carbons (Fsp3) is 0.227. The van der Waals surface area contributed by atoms with Gasteiger partial charge in [-0.1, -0.05) is 35.9 Å². The molecule has 9 heteroatoms. The molecule has 0 unspecified atom stereocenters. The zero-order valence-corrected chi connectivity index (χ0v) is 19.8. The number of carbonyl (C=O) groups excluding carboxylic acids is 1. The van der Waals surface area contributed by atoms with E-state index in [2.05, 4.69) is 0 Å². The van der Waals surface area contributed by atoms with Crippen LogP contribution < -0.4 is 4.74 Å². The zero-order valence-electron chi connectivity index (χ0n) is 17.4. The van der Waals surface area contributed by atoms with E-state index >= 15 is 0 Å². The first-order chi connectivity index (χ1) is 14.7. The first-order valence-electron chi connectivity index (χ1n) is 9.39. The van der Waals surface area contributed by atoms with E-state index in [0.29, 0.717) is 12.3 Å². The molecule has 6 nitrogen and oxygen atoms in total. The first kappa shape index (κ1) is 23.3. The van der Waals surface area contributed by atoms with E-state index < -0.39 is 10.0 Å². The number of halogens is 1. The number of amides is 1. The molecule has 0 aliphatic heterocycles. The summed E-state index contributed by atoms with van der Waals surface area (Å²) in [5.41, 5.74) is 0.971. The van der Waals surface area contributed by atoms with Crippen molar-refractivity contribution < 1.29 is 17.9 Å². The number of ether oxygens (including phenoxy) is 1. The van der Waals surface area contributed by atoms with Gasteiger partial charge >= 0.3 is 0 Å². The summed E-state index contributed by atoms with van der Waals surface area (Å²) in [5, 5.41) is 2.14. The lowest BCUT2D eigenvalue weighted by Gasteiger charge is -2.24. The first-order valence-corrected chi connectivity index (χ1v) is 12.1. The van der Waals surface area contributed by atoms with Gasteiger partial charge in [-0.3, -0.25) is 4.79 Å². The van der Waals surface area contributed by atoms with Gasteiger partial charge in [0.15, 0.2) is 0 Å². The molecule has 0 saturated heterocycles. The van der Waals surface area contributed by atoms with Crippen LogP contribution in [0.4, 0.5) is 0 Å². The van der Waals surface area contributed by atoms with E-state index in [9.17, 15) is 13.2 Å². The summed E-state index contributed by atoms with van der Waals surface area (Å²) in [5.74, 6) is 0.307. The SMILES string of the molecule is COc1ccccc1CN(Cc1cccs1)C(=O)c1cc(S(=O)(=O)N(C)C)ccc1Cl. The zero-order chi connectivity index (χ0) is 22.6. The van der Waals surface area contributed by atoms with Crippen LogP contribution in [0.25, 0.3) is 0 Å². The number of methoxy groups -OCH3 is 1. The van der Waals surface area contributed by atoms with Crippen molar-refractivity contribution in [2.45, 2.75) is 18.0 Å². The summed E-state index contributed by atoms with van der Waals surface area (Å²) in [6.07, 6.45) is 0. The molecule has 0 radical (unpaired) electrons. The van der Waals surface area contributed by atoms with E-state index in [1.165, 1.54) is 43.6 Å². The Hall–Kier alpha value is -2.39. The number of para-hydroxylation sites is 1. The van der Waals surface area contributed by atoms with Crippen LogP contribution in [0.15, 0.2) is 64.9 Å². The number of nitrogens with zero attached hydrogens (tertiary/aromatic N) is 2. The highest BCUT2D eigenvalue weighted by Gasteiger charge is 2.25. The predicted molar refractivity (Wildman–Crippen MR) is 123 cm³/mol. The van der Waals surface area contributed by atoms with Crippen molar-refractivity contribution in [3.8, 4) is 5.75 Å². The Bertz CT molecular complexity index is 1160. The maximum absolute atomic E-state index is 13.5. The molecule has 1 amide bonds. The second-order valence-corrected chi connectivity index (χ2v) is 10.6. The molecule has 164 valence electrons. The highest BCUT2D eigenvalue weighted by atomic mass is 35.5. The number of hydrogen-bond acceptors (Lipinski definition) is 5. The van der Waals surface area contributed by atoms with Crippen LogP contribution in [0.5, 0.6) is 5.75 Å². The minimum Gasteiger partial charge on any atom is -0.496 e. The maximum Gasteiger partial charge on any atom is 0.256 e. The van der Waals surface area contributed by atoms with Crippen LogP contribution >= 0.6 is 22.9 Å². The van der Waals surface area contributed by atoms with Crippen molar-refractivity contribution in [1.29, 1.82) is 0 Å². The van der Waals surface area contributed by atoms with Gasteiger partial charge in [0.25, 0.3) is 5.91 Å². The van der Waals surface area contributed by atoms with Crippen LogP contribution in [0.3, 0.4) is 0 Å². The normalized spacial score (nSPS) is 11.5. The quantitative estimate of drug-likeness (QED) is 0.478. The van der Waals surface area contributed by atoms with Crippen LogP contribution in [0, 0.1) is 0 Å². The molecule has 0 saturated carbocycles. The summed E-state index contributed by atoms with van der Waals surface area (Å²) >= 11 is 7.87. The van der Waals surface area contributed by atoms with Crippen molar-refractivity contribution in [2.24, 2.45) is 0 Å². The Kier molecular flexibility index (Phi) is 7.38. The van der Waals surface area contributed by atoms with Gasteiger partial charge in [0.05, 0.1) is 35.7 Å². The topological polar surface area (TPSA) is 66.9 Å². The van der Waals surface area contributed by atoms with E-state index in [0.717, 1.165) is 14.7 Å². The van der Waals surface area contributed by atoms with E-state index in [4.69, 9.17) is 16.3 Å². The lowest BCUT2D eigenvalue weighted by Crippen LogP contribution is -2.30. The molecule has 0 fully saturated rings. The maximum atomic E-state index is 13.5. The Morgan fingerprint density at radius 3 is 2.45 bits per heavy atom. The third-order valence-electron chi connectivity index (χ3n) is 4.71. The van der Waals surface area contributed by atoms with Gasteiger partial charge in [0.1, 0.15) is 5.75 Å². The minimum atomic E-state index is -3.71.